The van der Waals surface area contributed by atoms with Gasteiger partial charge in [-0.2, -0.15) is 10.1 Å². The van der Waals surface area contributed by atoms with E-state index < -0.39 is 23.6 Å². The van der Waals surface area contributed by atoms with Crippen molar-refractivity contribution in [1.29, 1.82) is 0 Å². The predicted octanol–water partition coefficient (Wildman–Crippen LogP) is 4.59. The van der Waals surface area contributed by atoms with E-state index >= 15 is 0 Å². The number of nitrogens with two attached hydrogens (primary N) is 1. The number of hydrogen-bond donors (Lipinski definition) is 4. The summed E-state index contributed by atoms with van der Waals surface area (Å²) in [5.41, 5.74) is 10.7. The Labute approximate surface area is 233 Å². The molecule has 0 saturated heterocycles. The lowest BCUT2D eigenvalue weighted by Gasteiger charge is -2.14. The largest absolute Gasteiger partial charge is 0.497 e. The lowest BCUT2D eigenvalue weighted by Crippen LogP contribution is -2.21. The third kappa shape index (κ3) is 5.77. The summed E-state index contributed by atoms with van der Waals surface area (Å²) in [4.78, 5) is 21.6. The van der Waals surface area contributed by atoms with Crippen LogP contribution in [0.15, 0.2) is 60.7 Å². The summed E-state index contributed by atoms with van der Waals surface area (Å²) < 4.78 is 33.9. The highest BCUT2D eigenvalue weighted by atomic mass is 19.1. The van der Waals surface area contributed by atoms with Crippen LogP contribution in [0.1, 0.15) is 28.5 Å². The molecule has 0 bridgehead atoms. The van der Waals surface area contributed by atoms with Crippen LogP contribution in [0, 0.1) is 25.5 Å². The fourth-order valence-corrected chi connectivity index (χ4v) is 4.42. The lowest BCUT2D eigenvalue weighted by molar-refractivity contribution is -0.124. The summed E-state index contributed by atoms with van der Waals surface area (Å²) in [5, 5.41) is 20.7. The van der Waals surface area contributed by atoms with Crippen molar-refractivity contribution in [2.45, 2.75) is 26.5 Å². The van der Waals surface area contributed by atoms with Crippen LogP contribution >= 0.6 is 0 Å². The van der Waals surface area contributed by atoms with Crippen molar-refractivity contribution in [3.63, 3.8) is 0 Å². The molecule has 10 nitrogen and oxygen atoms in total. The molecule has 3 aromatic carbocycles. The molecule has 0 aliphatic carbocycles. The first-order chi connectivity index (χ1) is 19.6. The molecule has 0 aliphatic heterocycles. The molecule has 5 N–H and O–H groups in total. The number of aliphatic hydroxyl groups excluding tert-OH is 1. The van der Waals surface area contributed by atoms with Gasteiger partial charge in [-0.25, -0.2) is 18.4 Å². The number of nitrogen functional groups attached to an aromatic ring is 1. The molecule has 1 atom stereocenters. The van der Waals surface area contributed by atoms with E-state index in [1.807, 2.05) is 38.1 Å². The number of ether oxygens (including phenoxy) is 1. The molecule has 0 aliphatic rings. The van der Waals surface area contributed by atoms with Gasteiger partial charge in [-0.3, -0.25) is 4.79 Å². The number of carbonyl (C=O) groups is 1. The molecular formula is C29H27F2N7O3. The molecule has 2 aromatic heterocycles. The van der Waals surface area contributed by atoms with Crippen molar-refractivity contribution in [1.82, 2.24) is 19.7 Å². The third-order valence-corrected chi connectivity index (χ3v) is 6.47. The lowest BCUT2D eigenvalue weighted by atomic mass is 10.1. The van der Waals surface area contributed by atoms with Gasteiger partial charge < -0.3 is 26.2 Å². The minimum atomic E-state index is -1.76. The molecule has 0 radical (unpaired) electrons. The number of nitrogens with one attached hydrogen (secondary N) is 2. The number of amides is 1. The molecule has 5 aromatic rings. The minimum absolute atomic E-state index is 0.194. The number of carbonyl (C=O) groups excluding carboxylic acids is 1. The van der Waals surface area contributed by atoms with Gasteiger partial charge in [0.15, 0.2) is 11.9 Å². The maximum absolute atomic E-state index is 13.5. The van der Waals surface area contributed by atoms with Crippen molar-refractivity contribution >= 4 is 34.4 Å². The van der Waals surface area contributed by atoms with Crippen molar-refractivity contribution in [3.05, 3.63) is 94.7 Å². The van der Waals surface area contributed by atoms with E-state index in [9.17, 15) is 18.7 Å². The highest BCUT2D eigenvalue weighted by Crippen LogP contribution is 2.29. The topological polar surface area (TPSA) is 140 Å². The normalized spacial score (nSPS) is 11.9. The Morgan fingerprint density at radius 2 is 1.76 bits per heavy atom. The number of fused-ring (bicyclic) bond motifs is 1. The Balaban J connectivity index is 1.36. The van der Waals surface area contributed by atoms with E-state index in [0.29, 0.717) is 46.7 Å². The first-order valence-electron chi connectivity index (χ1n) is 12.6. The van der Waals surface area contributed by atoms with Gasteiger partial charge in [0.2, 0.25) is 5.95 Å². The molecule has 12 heteroatoms. The van der Waals surface area contributed by atoms with Crippen molar-refractivity contribution < 1.29 is 23.4 Å². The van der Waals surface area contributed by atoms with Gasteiger partial charge in [0.05, 0.1) is 18.5 Å². The molecule has 41 heavy (non-hydrogen) atoms. The van der Waals surface area contributed by atoms with Gasteiger partial charge in [0, 0.05) is 18.3 Å². The average Bonchev–Trinajstić information content (AvgIpc) is 3.27. The number of halogens is 2. The number of aromatic nitrogens is 4. The second-order valence-electron chi connectivity index (χ2n) is 9.42. The fraction of sp³-hybridized carbons (Fsp3) is 0.172. The van der Waals surface area contributed by atoms with Crippen LogP contribution in [-0.2, 0) is 11.3 Å². The van der Waals surface area contributed by atoms with Gasteiger partial charge in [0.25, 0.3) is 5.91 Å². The maximum Gasteiger partial charge on any atom is 0.257 e. The summed E-state index contributed by atoms with van der Waals surface area (Å²) in [6, 6.07) is 15.1. The van der Waals surface area contributed by atoms with Gasteiger partial charge in [-0.05, 0) is 73.0 Å². The number of hydrogen-bond acceptors (Lipinski definition) is 8. The van der Waals surface area contributed by atoms with E-state index in [0.717, 1.165) is 29.0 Å². The minimum Gasteiger partial charge on any atom is -0.497 e. The van der Waals surface area contributed by atoms with Crippen LogP contribution in [-0.4, -0.2) is 37.9 Å². The van der Waals surface area contributed by atoms with Gasteiger partial charge >= 0.3 is 0 Å². The Bertz CT molecular complexity index is 1740. The average molecular weight is 560 g/mol. The Hall–Kier alpha value is -5.10. The molecular weight excluding hydrogens is 532 g/mol. The Kier molecular flexibility index (Phi) is 7.49. The Morgan fingerprint density at radius 1 is 1.05 bits per heavy atom. The summed E-state index contributed by atoms with van der Waals surface area (Å²) in [5.74, 6) is -1.26. The van der Waals surface area contributed by atoms with E-state index in [-0.39, 0.29) is 11.4 Å². The van der Waals surface area contributed by atoms with Gasteiger partial charge in [-0.15, -0.1) is 0 Å². The number of anilines is 3. The number of aryl methyl sites for hydroxylation is 2. The van der Waals surface area contributed by atoms with Crippen molar-refractivity contribution in [2.75, 3.05) is 23.5 Å². The van der Waals surface area contributed by atoms with E-state index in [4.69, 9.17) is 10.5 Å². The summed E-state index contributed by atoms with van der Waals surface area (Å²) >= 11 is 0. The molecule has 2 heterocycles. The number of rotatable bonds is 8. The van der Waals surface area contributed by atoms with Gasteiger partial charge in [-0.1, -0.05) is 12.1 Å². The number of benzene rings is 3. The number of nitrogens with zero attached hydrogens (tertiary/aromatic N) is 4. The highest BCUT2D eigenvalue weighted by Gasteiger charge is 2.21. The maximum atomic E-state index is 13.5. The monoisotopic (exact) mass is 559 g/mol. The highest BCUT2D eigenvalue weighted by molar-refractivity contribution is 5.95. The molecule has 0 spiro atoms. The van der Waals surface area contributed by atoms with E-state index in [1.165, 1.54) is 0 Å². The van der Waals surface area contributed by atoms with Crippen LogP contribution in [0.3, 0.4) is 0 Å². The van der Waals surface area contributed by atoms with Crippen molar-refractivity contribution in [2.24, 2.45) is 0 Å². The van der Waals surface area contributed by atoms with Crippen LogP contribution in [0.25, 0.3) is 16.7 Å². The van der Waals surface area contributed by atoms with E-state index in [2.05, 4.69) is 25.7 Å². The quantitative estimate of drug-likeness (QED) is 0.217. The van der Waals surface area contributed by atoms with Crippen LogP contribution in [0.5, 0.6) is 5.75 Å². The first-order valence-corrected chi connectivity index (χ1v) is 12.6. The molecule has 0 fully saturated rings. The summed E-state index contributed by atoms with van der Waals surface area (Å²) in [6.45, 7) is 4.12. The van der Waals surface area contributed by atoms with Crippen LogP contribution in [0.2, 0.25) is 0 Å². The second-order valence-corrected chi connectivity index (χ2v) is 9.42. The summed E-state index contributed by atoms with van der Waals surface area (Å²) in [7, 11) is 1.61. The van der Waals surface area contributed by atoms with Crippen molar-refractivity contribution in [3.8, 4) is 11.4 Å². The summed E-state index contributed by atoms with van der Waals surface area (Å²) in [6.07, 6.45) is -1.76. The SMILES string of the molecule is COc1ccc(CNc2nc(N)c3c(n2)c(C)nn3-c2ccc(NC(=O)C(O)c3cc(F)cc(F)c3)cc2C)cc1. The van der Waals surface area contributed by atoms with E-state index in [1.54, 1.807) is 30.0 Å². The molecule has 210 valence electrons. The van der Waals surface area contributed by atoms with Crippen LogP contribution < -0.4 is 21.1 Å². The third-order valence-electron chi connectivity index (χ3n) is 6.47. The molecule has 5 rings (SSSR count). The first kappa shape index (κ1) is 27.5. The smallest absolute Gasteiger partial charge is 0.257 e. The zero-order valence-electron chi connectivity index (χ0n) is 22.4. The fourth-order valence-electron chi connectivity index (χ4n) is 4.42. The molecule has 0 saturated carbocycles. The standard InChI is InChI=1S/C29H27F2N7O3/c1-15-10-21(34-28(40)26(39)18-11-19(30)13-20(31)12-18)6-9-23(15)38-25-24(16(2)37-38)35-29(36-27(25)32)33-14-17-4-7-22(41-3)8-5-17/h4-13,26,39H,14H2,1-3H3,(H,34,40)(H3,32,33,35,36). The predicted molar refractivity (Wildman–Crippen MR) is 151 cm³/mol. The number of methoxy groups -OCH3 is 1. The second kappa shape index (κ2) is 11.2. The molecule has 1 amide bonds. The zero-order valence-corrected chi connectivity index (χ0v) is 22.4. The Morgan fingerprint density at radius 3 is 2.41 bits per heavy atom. The molecule has 1 unspecified atom stereocenters. The van der Waals surface area contributed by atoms with Crippen LogP contribution in [0.4, 0.5) is 26.2 Å². The number of aliphatic hydroxyl groups is 1. The zero-order chi connectivity index (χ0) is 29.3. The van der Waals surface area contributed by atoms with Gasteiger partial charge in [0.1, 0.15) is 28.4 Å².